The maximum absolute atomic E-state index is 12.3. The lowest BCUT2D eigenvalue weighted by atomic mass is 10.1. The number of thiazole rings is 1. The van der Waals surface area contributed by atoms with E-state index >= 15 is 0 Å². The lowest BCUT2D eigenvalue weighted by Gasteiger charge is -2.12. The van der Waals surface area contributed by atoms with Crippen molar-refractivity contribution >= 4 is 50.9 Å². The quantitative estimate of drug-likeness (QED) is 0.731. The van der Waals surface area contributed by atoms with E-state index in [0.717, 1.165) is 52.2 Å². The maximum atomic E-state index is 12.3. The number of carbonyl (C=O) groups is 1. The first kappa shape index (κ1) is 16.2. The number of anilines is 2. The van der Waals surface area contributed by atoms with E-state index in [0.29, 0.717) is 12.2 Å². The van der Waals surface area contributed by atoms with Crippen LogP contribution in [0.3, 0.4) is 0 Å². The van der Waals surface area contributed by atoms with Crippen molar-refractivity contribution in [1.29, 1.82) is 0 Å². The van der Waals surface area contributed by atoms with Gasteiger partial charge in [0.1, 0.15) is 11.0 Å². The Morgan fingerprint density at radius 2 is 2.12 bits per heavy atom. The second-order valence-corrected chi connectivity index (χ2v) is 7.38. The number of nitrogens with one attached hydrogen (secondary N) is 2. The van der Waals surface area contributed by atoms with Crippen molar-refractivity contribution in [1.82, 2.24) is 19.0 Å². The van der Waals surface area contributed by atoms with Gasteiger partial charge in [0.25, 0.3) is 0 Å². The van der Waals surface area contributed by atoms with Gasteiger partial charge >= 0.3 is 6.03 Å². The number of urea groups is 1. The monoisotopic (exact) mass is 374 g/mol. The molecule has 0 saturated carbocycles. The molecule has 4 rings (SSSR count). The molecule has 0 atom stereocenters. The van der Waals surface area contributed by atoms with E-state index in [4.69, 9.17) is 0 Å². The van der Waals surface area contributed by atoms with Gasteiger partial charge in [0.15, 0.2) is 5.13 Å². The number of rotatable bonds is 4. The SMILES string of the molecule is Cc1ccc2nsnc2c1NC(=O)NCc1csc(N2CCCC2)n1. The van der Waals surface area contributed by atoms with Crippen molar-refractivity contribution in [2.75, 3.05) is 23.3 Å². The molecule has 0 bridgehead atoms. The third kappa shape index (κ3) is 3.42. The molecule has 1 aromatic carbocycles. The molecule has 2 amide bonds. The van der Waals surface area contributed by atoms with Crippen LogP contribution in [-0.4, -0.2) is 32.9 Å². The van der Waals surface area contributed by atoms with Crippen LogP contribution in [0.5, 0.6) is 0 Å². The topological polar surface area (TPSA) is 83.0 Å². The summed E-state index contributed by atoms with van der Waals surface area (Å²) in [6.45, 7) is 4.50. The predicted octanol–water partition coefficient (Wildman–Crippen LogP) is 3.38. The highest BCUT2D eigenvalue weighted by Gasteiger charge is 2.16. The molecule has 1 aliphatic rings. The van der Waals surface area contributed by atoms with Crippen LogP contribution in [0.4, 0.5) is 15.6 Å². The number of fused-ring (bicyclic) bond motifs is 1. The number of aryl methyl sites for hydroxylation is 1. The van der Waals surface area contributed by atoms with E-state index in [2.05, 4.69) is 29.3 Å². The van der Waals surface area contributed by atoms with Crippen molar-refractivity contribution in [3.63, 3.8) is 0 Å². The van der Waals surface area contributed by atoms with Crippen molar-refractivity contribution in [3.05, 3.63) is 28.8 Å². The first-order chi connectivity index (χ1) is 12.2. The molecule has 7 nitrogen and oxygen atoms in total. The van der Waals surface area contributed by atoms with E-state index < -0.39 is 0 Å². The van der Waals surface area contributed by atoms with Crippen molar-refractivity contribution in [2.24, 2.45) is 0 Å². The first-order valence-corrected chi connectivity index (χ1v) is 9.78. The first-order valence-electron chi connectivity index (χ1n) is 8.17. The molecule has 9 heteroatoms. The smallest absolute Gasteiger partial charge is 0.319 e. The highest BCUT2D eigenvalue weighted by molar-refractivity contribution is 7.13. The van der Waals surface area contributed by atoms with Gasteiger partial charge < -0.3 is 15.5 Å². The van der Waals surface area contributed by atoms with Crippen LogP contribution in [-0.2, 0) is 6.54 Å². The summed E-state index contributed by atoms with van der Waals surface area (Å²) >= 11 is 2.78. The Morgan fingerprint density at radius 3 is 2.96 bits per heavy atom. The van der Waals surface area contributed by atoms with Crippen LogP contribution < -0.4 is 15.5 Å². The molecule has 130 valence electrons. The summed E-state index contributed by atoms with van der Waals surface area (Å²) in [5, 5.41) is 8.81. The van der Waals surface area contributed by atoms with Crippen LogP contribution in [0, 0.1) is 6.92 Å². The second kappa shape index (κ2) is 6.93. The highest BCUT2D eigenvalue weighted by Crippen LogP contribution is 2.26. The van der Waals surface area contributed by atoms with Gasteiger partial charge in [-0.3, -0.25) is 0 Å². The number of amides is 2. The minimum Gasteiger partial charge on any atom is -0.348 e. The number of carbonyl (C=O) groups excluding carboxylic acids is 1. The molecule has 3 heterocycles. The molecule has 0 unspecified atom stereocenters. The second-order valence-electron chi connectivity index (χ2n) is 6.01. The molecule has 3 aromatic rings. The Hall–Kier alpha value is -2.26. The van der Waals surface area contributed by atoms with Gasteiger partial charge in [0.05, 0.1) is 29.7 Å². The van der Waals surface area contributed by atoms with Gasteiger partial charge in [0, 0.05) is 18.5 Å². The molecular formula is C16H18N6OS2. The fourth-order valence-electron chi connectivity index (χ4n) is 2.87. The van der Waals surface area contributed by atoms with Crippen LogP contribution in [0.25, 0.3) is 11.0 Å². The lowest BCUT2D eigenvalue weighted by Crippen LogP contribution is -2.28. The average Bonchev–Trinajstić information content (AvgIpc) is 3.36. The molecule has 1 fully saturated rings. The summed E-state index contributed by atoms with van der Waals surface area (Å²) in [5.74, 6) is 0. The van der Waals surface area contributed by atoms with Crippen LogP contribution in [0.1, 0.15) is 24.1 Å². The Kier molecular flexibility index (Phi) is 4.50. The summed E-state index contributed by atoms with van der Waals surface area (Å²) < 4.78 is 8.48. The maximum Gasteiger partial charge on any atom is 0.319 e. The number of hydrogen-bond acceptors (Lipinski definition) is 7. The van der Waals surface area contributed by atoms with E-state index in [-0.39, 0.29) is 6.03 Å². The molecule has 25 heavy (non-hydrogen) atoms. The third-order valence-electron chi connectivity index (χ3n) is 4.22. The number of aromatic nitrogens is 3. The average molecular weight is 374 g/mol. The van der Waals surface area contributed by atoms with Crippen LogP contribution in [0.15, 0.2) is 17.5 Å². The standard InChI is InChI=1S/C16H18N6OS2/c1-10-4-5-12-14(21-25-20-12)13(10)19-15(23)17-8-11-9-24-16(18-11)22-6-2-3-7-22/h4-5,9H,2-3,6-8H2,1H3,(H2,17,19,23). The number of hydrogen-bond donors (Lipinski definition) is 2. The molecule has 2 N–H and O–H groups in total. The highest BCUT2D eigenvalue weighted by atomic mass is 32.1. The van der Waals surface area contributed by atoms with Gasteiger partial charge in [-0.2, -0.15) is 8.75 Å². The van der Waals surface area contributed by atoms with Gasteiger partial charge in [-0.05, 0) is 31.4 Å². The summed E-state index contributed by atoms with van der Waals surface area (Å²) in [7, 11) is 0. The third-order valence-corrected chi connectivity index (χ3v) is 5.71. The van der Waals surface area contributed by atoms with Crippen molar-refractivity contribution in [2.45, 2.75) is 26.3 Å². The normalized spacial score (nSPS) is 14.2. The van der Waals surface area contributed by atoms with E-state index in [1.807, 2.05) is 24.4 Å². The minimum atomic E-state index is -0.265. The summed E-state index contributed by atoms with van der Waals surface area (Å²) in [5.41, 5.74) is 4.07. The molecule has 1 saturated heterocycles. The largest absolute Gasteiger partial charge is 0.348 e. The molecule has 0 radical (unpaired) electrons. The minimum absolute atomic E-state index is 0.265. The van der Waals surface area contributed by atoms with E-state index in [9.17, 15) is 4.79 Å². The zero-order chi connectivity index (χ0) is 17.2. The molecular weight excluding hydrogens is 356 g/mol. The molecule has 2 aromatic heterocycles. The Morgan fingerprint density at radius 1 is 1.28 bits per heavy atom. The number of benzene rings is 1. The van der Waals surface area contributed by atoms with Gasteiger partial charge in [-0.25, -0.2) is 9.78 Å². The fourth-order valence-corrected chi connectivity index (χ4v) is 4.29. The zero-order valence-electron chi connectivity index (χ0n) is 13.8. The summed E-state index contributed by atoms with van der Waals surface area (Å²) in [6, 6.07) is 3.58. The van der Waals surface area contributed by atoms with Gasteiger partial charge in [-0.15, -0.1) is 11.3 Å². The van der Waals surface area contributed by atoms with Gasteiger partial charge in [-0.1, -0.05) is 6.07 Å². The van der Waals surface area contributed by atoms with Crippen LogP contribution in [0.2, 0.25) is 0 Å². The Bertz CT molecular complexity index is 899. The molecule has 0 spiro atoms. The Labute approximate surface area is 153 Å². The number of nitrogens with zero attached hydrogens (tertiary/aromatic N) is 4. The van der Waals surface area contributed by atoms with Crippen LogP contribution >= 0.6 is 23.1 Å². The molecule has 0 aliphatic carbocycles. The summed E-state index contributed by atoms with van der Waals surface area (Å²) in [4.78, 5) is 19.2. The zero-order valence-corrected chi connectivity index (χ0v) is 15.4. The predicted molar refractivity (Wildman–Crippen MR) is 102 cm³/mol. The Balaban J connectivity index is 1.39. The van der Waals surface area contributed by atoms with Crippen molar-refractivity contribution < 1.29 is 4.79 Å². The van der Waals surface area contributed by atoms with Gasteiger partial charge in [0.2, 0.25) is 0 Å². The fraction of sp³-hybridized carbons (Fsp3) is 0.375. The summed E-state index contributed by atoms with van der Waals surface area (Å²) in [6.07, 6.45) is 2.46. The van der Waals surface area contributed by atoms with E-state index in [1.54, 1.807) is 11.3 Å². The molecule has 1 aliphatic heterocycles. The lowest BCUT2D eigenvalue weighted by molar-refractivity contribution is 0.251. The van der Waals surface area contributed by atoms with E-state index in [1.165, 1.54) is 12.8 Å². The van der Waals surface area contributed by atoms with Crippen molar-refractivity contribution in [3.8, 4) is 0 Å².